The van der Waals surface area contributed by atoms with Crippen molar-refractivity contribution in [3.63, 3.8) is 0 Å². The Labute approximate surface area is 172 Å². The molecule has 1 aliphatic rings. The van der Waals surface area contributed by atoms with Crippen molar-refractivity contribution in [2.24, 2.45) is 0 Å². The molecule has 0 aliphatic carbocycles. The van der Waals surface area contributed by atoms with Gasteiger partial charge in [-0.05, 0) is 55.8 Å². The molecule has 0 aromatic heterocycles. The van der Waals surface area contributed by atoms with E-state index in [4.69, 9.17) is 9.47 Å². The summed E-state index contributed by atoms with van der Waals surface area (Å²) in [5.41, 5.74) is 1.12. The molecule has 0 bridgehead atoms. The number of fused-ring (bicyclic) bond motifs is 1. The lowest BCUT2D eigenvalue weighted by molar-refractivity contribution is 0.0945. The van der Waals surface area contributed by atoms with E-state index >= 15 is 0 Å². The number of carbonyl (C=O) groups excluding carboxylic acids is 1. The number of rotatable bonds is 6. The molecular formula is C22H27NO5S. The molecule has 156 valence electrons. The van der Waals surface area contributed by atoms with E-state index in [0.717, 1.165) is 17.1 Å². The Morgan fingerprint density at radius 3 is 2.28 bits per heavy atom. The van der Waals surface area contributed by atoms with Gasteiger partial charge in [0.15, 0.2) is 21.3 Å². The summed E-state index contributed by atoms with van der Waals surface area (Å²) in [7, 11) is -3.35. The molecule has 7 heteroatoms. The van der Waals surface area contributed by atoms with Crippen molar-refractivity contribution in [1.82, 2.24) is 5.32 Å². The molecule has 1 heterocycles. The molecule has 2 aromatic carbocycles. The first kappa shape index (κ1) is 21.2. The molecule has 6 nitrogen and oxygen atoms in total. The van der Waals surface area contributed by atoms with Crippen LogP contribution in [0, 0.1) is 0 Å². The van der Waals surface area contributed by atoms with Gasteiger partial charge in [-0.25, -0.2) is 8.42 Å². The highest BCUT2D eigenvalue weighted by Gasteiger charge is 2.25. The second-order valence-electron chi connectivity index (χ2n) is 8.04. The molecule has 0 atom stereocenters. The summed E-state index contributed by atoms with van der Waals surface area (Å²) in [5.74, 6) is 1.20. The summed E-state index contributed by atoms with van der Waals surface area (Å²) in [6.07, 6.45) is 0. The summed E-state index contributed by atoms with van der Waals surface area (Å²) in [5, 5.41) is 2.43. The van der Waals surface area contributed by atoms with E-state index in [1.165, 1.54) is 12.1 Å². The number of amides is 1. The van der Waals surface area contributed by atoms with Crippen molar-refractivity contribution in [2.75, 3.05) is 19.8 Å². The normalized spacial score (nSPS) is 14.0. The van der Waals surface area contributed by atoms with Gasteiger partial charge >= 0.3 is 0 Å². The molecule has 29 heavy (non-hydrogen) atoms. The number of hydrogen-bond donors (Lipinski definition) is 1. The van der Waals surface area contributed by atoms with Crippen molar-refractivity contribution in [2.45, 2.75) is 43.3 Å². The van der Waals surface area contributed by atoms with Gasteiger partial charge < -0.3 is 14.8 Å². The maximum absolute atomic E-state index is 12.5. The van der Waals surface area contributed by atoms with Gasteiger partial charge in [0.1, 0.15) is 13.2 Å². The van der Waals surface area contributed by atoms with Crippen molar-refractivity contribution in [3.05, 3.63) is 53.6 Å². The van der Waals surface area contributed by atoms with E-state index in [-0.39, 0.29) is 16.2 Å². The van der Waals surface area contributed by atoms with Crippen LogP contribution in [0.3, 0.4) is 0 Å². The number of sulfone groups is 1. The summed E-state index contributed by atoms with van der Waals surface area (Å²) in [6, 6.07) is 11.9. The Kier molecular flexibility index (Phi) is 5.89. The second-order valence-corrected chi connectivity index (χ2v) is 10.5. The molecule has 1 amide bonds. The summed E-state index contributed by atoms with van der Waals surface area (Å²) in [6.45, 7) is 8.83. The first-order valence-corrected chi connectivity index (χ1v) is 11.2. The van der Waals surface area contributed by atoms with E-state index in [1.54, 1.807) is 26.0 Å². The minimum Gasteiger partial charge on any atom is -0.486 e. The lowest BCUT2D eigenvalue weighted by atomic mass is 9.84. The highest BCUT2D eigenvalue weighted by Crippen LogP contribution is 2.35. The van der Waals surface area contributed by atoms with Crippen molar-refractivity contribution in [3.8, 4) is 11.5 Å². The van der Waals surface area contributed by atoms with Crippen LogP contribution in [0.1, 0.15) is 43.6 Å². The maximum atomic E-state index is 12.5. The molecule has 3 rings (SSSR count). The summed E-state index contributed by atoms with van der Waals surface area (Å²) in [4.78, 5) is 12.8. The highest BCUT2D eigenvalue weighted by molar-refractivity contribution is 7.92. The molecule has 1 N–H and O–H groups in total. The van der Waals surface area contributed by atoms with E-state index in [2.05, 4.69) is 5.32 Å². The van der Waals surface area contributed by atoms with Gasteiger partial charge in [-0.15, -0.1) is 0 Å². The van der Waals surface area contributed by atoms with Gasteiger partial charge in [-0.2, -0.15) is 0 Å². The van der Waals surface area contributed by atoms with Gasteiger partial charge in [-0.1, -0.05) is 19.9 Å². The second kappa shape index (κ2) is 8.06. The monoisotopic (exact) mass is 417 g/mol. The lowest BCUT2D eigenvalue weighted by Gasteiger charge is -2.28. The van der Waals surface area contributed by atoms with Crippen LogP contribution in [0.25, 0.3) is 0 Å². The van der Waals surface area contributed by atoms with E-state index in [0.29, 0.717) is 25.3 Å². The smallest absolute Gasteiger partial charge is 0.251 e. The number of ether oxygens (including phenoxy) is 2. The van der Waals surface area contributed by atoms with Crippen LogP contribution in [0.4, 0.5) is 0 Å². The molecule has 0 saturated carbocycles. The van der Waals surface area contributed by atoms with Crippen LogP contribution < -0.4 is 14.8 Å². The predicted octanol–water partition coefficient (Wildman–Crippen LogP) is 3.35. The number of nitrogens with one attached hydrogen (secondary N) is 1. The third-order valence-corrected chi connectivity index (χ3v) is 7.25. The lowest BCUT2D eigenvalue weighted by Crippen LogP contribution is -2.36. The molecule has 0 radical (unpaired) electrons. The van der Waals surface area contributed by atoms with Crippen molar-refractivity contribution >= 4 is 15.7 Å². The van der Waals surface area contributed by atoms with E-state index < -0.39 is 15.1 Å². The third-order valence-electron chi connectivity index (χ3n) is 5.08. The first-order valence-electron chi connectivity index (χ1n) is 9.63. The average molecular weight is 418 g/mol. The van der Waals surface area contributed by atoms with Crippen molar-refractivity contribution in [1.29, 1.82) is 0 Å². The molecule has 0 saturated heterocycles. The highest BCUT2D eigenvalue weighted by atomic mass is 32.2. The average Bonchev–Trinajstić information content (AvgIpc) is 2.71. The zero-order chi connectivity index (χ0) is 21.2. The minimum absolute atomic E-state index is 0.223. The van der Waals surface area contributed by atoms with Crippen LogP contribution in [-0.2, 0) is 15.3 Å². The fourth-order valence-corrected chi connectivity index (χ4v) is 4.10. The third kappa shape index (κ3) is 4.56. The van der Waals surface area contributed by atoms with Gasteiger partial charge in [0.05, 0.1) is 10.1 Å². The summed E-state index contributed by atoms with van der Waals surface area (Å²) < 4.78 is 35.6. The fraction of sp³-hybridized carbons (Fsp3) is 0.409. The van der Waals surface area contributed by atoms with Crippen LogP contribution in [0.2, 0.25) is 0 Å². The van der Waals surface area contributed by atoms with Crippen LogP contribution >= 0.6 is 0 Å². The zero-order valence-electron chi connectivity index (χ0n) is 17.2. The Hall–Kier alpha value is -2.54. The number of carbonyl (C=O) groups is 1. The zero-order valence-corrected chi connectivity index (χ0v) is 18.0. The maximum Gasteiger partial charge on any atom is 0.251 e. The van der Waals surface area contributed by atoms with Crippen LogP contribution in [0.5, 0.6) is 11.5 Å². The largest absolute Gasteiger partial charge is 0.486 e. The summed E-state index contributed by atoms with van der Waals surface area (Å²) >= 11 is 0. The minimum atomic E-state index is -3.35. The Morgan fingerprint density at radius 1 is 1.03 bits per heavy atom. The Morgan fingerprint density at radius 2 is 1.66 bits per heavy atom. The topological polar surface area (TPSA) is 81.7 Å². The van der Waals surface area contributed by atoms with Crippen LogP contribution in [0.15, 0.2) is 47.4 Å². The van der Waals surface area contributed by atoms with Gasteiger partial charge in [0, 0.05) is 17.5 Å². The van der Waals surface area contributed by atoms with Gasteiger partial charge in [-0.3, -0.25) is 4.79 Å². The van der Waals surface area contributed by atoms with Gasteiger partial charge in [0.2, 0.25) is 0 Å². The van der Waals surface area contributed by atoms with Crippen molar-refractivity contribution < 1.29 is 22.7 Å². The molecule has 0 spiro atoms. The number of benzene rings is 2. The number of hydrogen-bond acceptors (Lipinski definition) is 5. The van der Waals surface area contributed by atoms with Gasteiger partial charge in [0.25, 0.3) is 5.91 Å². The molecular weight excluding hydrogens is 390 g/mol. The standard InChI is InChI=1S/C22H27NO5S/c1-15(2)29(25,26)18-8-5-16(6-9-18)21(24)23-14-22(3,4)17-7-10-19-20(13-17)28-12-11-27-19/h5-10,13,15H,11-12,14H2,1-4H3,(H,23,24). The molecule has 2 aromatic rings. The Bertz CT molecular complexity index is 994. The predicted molar refractivity (Wildman–Crippen MR) is 112 cm³/mol. The van der Waals surface area contributed by atoms with E-state index in [1.807, 2.05) is 32.0 Å². The molecule has 0 unspecified atom stereocenters. The van der Waals surface area contributed by atoms with Crippen LogP contribution in [-0.4, -0.2) is 39.3 Å². The quantitative estimate of drug-likeness (QED) is 0.780. The Balaban J connectivity index is 1.68. The first-order chi connectivity index (χ1) is 13.6. The SMILES string of the molecule is CC(C)S(=O)(=O)c1ccc(C(=O)NCC(C)(C)c2ccc3c(c2)OCCO3)cc1. The van der Waals surface area contributed by atoms with E-state index in [9.17, 15) is 13.2 Å². The fourth-order valence-electron chi connectivity index (χ4n) is 3.04. The molecule has 0 fully saturated rings. The molecule has 1 aliphatic heterocycles.